The van der Waals surface area contributed by atoms with Gasteiger partial charge < -0.3 is 15.4 Å². The summed E-state index contributed by atoms with van der Waals surface area (Å²) in [6.45, 7) is 3.66. The van der Waals surface area contributed by atoms with Gasteiger partial charge in [0.25, 0.3) is 5.91 Å². The van der Waals surface area contributed by atoms with Crippen LogP contribution in [0.3, 0.4) is 0 Å². The lowest BCUT2D eigenvalue weighted by Gasteiger charge is -2.19. The molecule has 1 heterocycles. The fourth-order valence-corrected chi connectivity index (χ4v) is 2.46. The van der Waals surface area contributed by atoms with Crippen LogP contribution < -0.4 is 5.32 Å². The number of carboxylic acid groups (broad SMARTS) is 1. The van der Waals surface area contributed by atoms with E-state index in [1.54, 1.807) is 19.1 Å². The number of benzene rings is 1. The van der Waals surface area contributed by atoms with Crippen molar-refractivity contribution in [3.63, 3.8) is 0 Å². The summed E-state index contributed by atoms with van der Waals surface area (Å²) in [6.07, 6.45) is 0.650. The Kier molecular flexibility index (Phi) is 4.53. The smallest absolute Gasteiger partial charge is 0.326 e. The van der Waals surface area contributed by atoms with Crippen LogP contribution in [0.15, 0.2) is 24.3 Å². The Morgan fingerprint density at radius 1 is 1.38 bits per heavy atom. The first-order valence-corrected chi connectivity index (χ1v) is 7.13. The van der Waals surface area contributed by atoms with Crippen molar-refractivity contribution in [1.29, 1.82) is 0 Å². The normalized spacial score (nSPS) is 13.9. The molecule has 2 atom stereocenters. The molecular weight excluding hydrogens is 292 g/mol. The van der Waals surface area contributed by atoms with Crippen LogP contribution in [0.5, 0.6) is 0 Å². The van der Waals surface area contributed by atoms with Crippen LogP contribution in [0, 0.1) is 5.92 Å². The van der Waals surface area contributed by atoms with E-state index < -0.39 is 17.9 Å². The highest BCUT2D eigenvalue weighted by atomic mass is 35.5. The minimum Gasteiger partial charge on any atom is -0.480 e. The Bertz CT molecular complexity index is 681. The van der Waals surface area contributed by atoms with Gasteiger partial charge in [-0.3, -0.25) is 4.79 Å². The summed E-state index contributed by atoms with van der Waals surface area (Å²) in [5.74, 6) is -1.73. The molecule has 0 saturated heterocycles. The van der Waals surface area contributed by atoms with E-state index in [1.807, 2.05) is 19.1 Å². The molecule has 0 spiro atoms. The Hall–Kier alpha value is -2.01. The molecule has 0 aliphatic carbocycles. The highest BCUT2D eigenvalue weighted by molar-refractivity contribution is 6.38. The molecule has 2 aromatic rings. The van der Waals surface area contributed by atoms with E-state index in [1.165, 1.54) is 0 Å². The first-order valence-electron chi connectivity index (χ1n) is 6.75. The van der Waals surface area contributed by atoms with E-state index in [0.29, 0.717) is 11.4 Å². The minimum atomic E-state index is -1.05. The van der Waals surface area contributed by atoms with Gasteiger partial charge in [0, 0.05) is 10.9 Å². The molecule has 1 aromatic heterocycles. The lowest BCUT2D eigenvalue weighted by Crippen LogP contribution is -2.45. The number of carbonyl (C=O) groups is 2. The Morgan fingerprint density at radius 3 is 2.62 bits per heavy atom. The van der Waals surface area contributed by atoms with Crippen LogP contribution >= 0.6 is 11.6 Å². The number of nitrogens with one attached hydrogen (secondary N) is 2. The average molecular weight is 309 g/mol. The number of para-hydroxylation sites is 1. The number of aliphatic carboxylic acids is 1. The van der Waals surface area contributed by atoms with E-state index in [0.717, 1.165) is 10.9 Å². The number of carboxylic acids is 1. The highest BCUT2D eigenvalue weighted by Gasteiger charge is 2.27. The number of aromatic nitrogens is 1. The third kappa shape index (κ3) is 3.03. The number of halogens is 1. The van der Waals surface area contributed by atoms with Gasteiger partial charge in [0.15, 0.2) is 0 Å². The van der Waals surface area contributed by atoms with Gasteiger partial charge in [-0.05, 0) is 12.0 Å². The molecule has 0 radical (unpaired) electrons. The number of hydrogen-bond donors (Lipinski definition) is 3. The average Bonchev–Trinajstić information content (AvgIpc) is 2.81. The predicted octanol–water partition coefficient (Wildman–Crippen LogP) is 3.05. The van der Waals surface area contributed by atoms with Gasteiger partial charge >= 0.3 is 5.97 Å². The molecule has 6 heteroatoms. The van der Waals surface area contributed by atoms with Crippen LogP contribution in [-0.2, 0) is 4.79 Å². The van der Waals surface area contributed by atoms with Crippen molar-refractivity contribution in [2.24, 2.45) is 5.92 Å². The largest absolute Gasteiger partial charge is 0.480 e. The summed E-state index contributed by atoms with van der Waals surface area (Å²) in [4.78, 5) is 26.5. The molecule has 0 aliphatic rings. The number of rotatable bonds is 5. The summed E-state index contributed by atoms with van der Waals surface area (Å²) in [5.41, 5.74) is 0.926. The maximum Gasteiger partial charge on any atom is 0.326 e. The van der Waals surface area contributed by atoms with Crippen LogP contribution in [0.25, 0.3) is 10.9 Å². The number of carbonyl (C=O) groups excluding carboxylic acids is 1. The number of amides is 1. The molecule has 0 unspecified atom stereocenters. The quantitative estimate of drug-likeness (QED) is 0.794. The van der Waals surface area contributed by atoms with E-state index in [9.17, 15) is 14.7 Å². The minimum absolute atomic E-state index is 0.172. The third-order valence-corrected chi connectivity index (χ3v) is 4.03. The van der Waals surface area contributed by atoms with Crippen molar-refractivity contribution in [3.8, 4) is 0 Å². The van der Waals surface area contributed by atoms with Crippen molar-refractivity contribution in [1.82, 2.24) is 10.3 Å². The molecule has 5 nitrogen and oxygen atoms in total. The fraction of sp³-hybridized carbons (Fsp3) is 0.333. The Balaban J connectivity index is 2.29. The SMILES string of the molecule is CC[C@H](C)[C@H](NC(=O)c1[nH]c2ccccc2c1Cl)C(=O)O. The van der Waals surface area contributed by atoms with Gasteiger partial charge in [0.1, 0.15) is 11.7 Å². The molecule has 0 fully saturated rings. The number of H-pyrrole nitrogens is 1. The molecule has 0 saturated carbocycles. The highest BCUT2D eigenvalue weighted by Crippen LogP contribution is 2.27. The summed E-state index contributed by atoms with van der Waals surface area (Å²) in [5, 5.41) is 12.8. The molecule has 1 aromatic carbocycles. The Labute approximate surface area is 127 Å². The zero-order valence-electron chi connectivity index (χ0n) is 11.8. The van der Waals surface area contributed by atoms with Crippen molar-refractivity contribution >= 4 is 34.4 Å². The van der Waals surface area contributed by atoms with Crippen LogP contribution in [0.1, 0.15) is 30.8 Å². The summed E-state index contributed by atoms with van der Waals surface area (Å²) >= 11 is 6.19. The second-order valence-electron chi connectivity index (χ2n) is 5.03. The maximum absolute atomic E-state index is 12.3. The van der Waals surface area contributed by atoms with Crippen molar-refractivity contribution in [2.45, 2.75) is 26.3 Å². The van der Waals surface area contributed by atoms with Crippen molar-refractivity contribution in [2.75, 3.05) is 0 Å². The van der Waals surface area contributed by atoms with Crippen LogP contribution in [0.4, 0.5) is 0 Å². The number of fused-ring (bicyclic) bond motifs is 1. The molecule has 112 valence electrons. The third-order valence-electron chi connectivity index (χ3n) is 3.64. The van der Waals surface area contributed by atoms with Crippen LogP contribution in [-0.4, -0.2) is 28.0 Å². The molecule has 3 N–H and O–H groups in total. The first-order chi connectivity index (χ1) is 9.95. The summed E-state index contributed by atoms with van der Waals surface area (Å²) in [7, 11) is 0. The predicted molar refractivity (Wildman–Crippen MR) is 81.7 cm³/mol. The second-order valence-corrected chi connectivity index (χ2v) is 5.41. The topological polar surface area (TPSA) is 82.2 Å². The standard InChI is InChI=1S/C15H17ClN2O3/c1-3-8(2)12(15(20)21)18-14(19)13-11(16)9-6-4-5-7-10(9)17-13/h4-8,12,17H,3H2,1-2H3,(H,18,19)(H,20,21)/t8-,12-/m0/s1. The molecule has 2 rings (SSSR count). The molecule has 21 heavy (non-hydrogen) atoms. The van der Waals surface area contributed by atoms with Gasteiger partial charge in [0.05, 0.1) is 5.02 Å². The second kappa shape index (κ2) is 6.18. The molecule has 0 aliphatic heterocycles. The lowest BCUT2D eigenvalue weighted by molar-refractivity contribution is -0.140. The van der Waals surface area contributed by atoms with Crippen LogP contribution in [0.2, 0.25) is 5.02 Å². The summed E-state index contributed by atoms with van der Waals surface area (Å²) in [6, 6.07) is 6.32. The van der Waals surface area contributed by atoms with Gasteiger partial charge in [-0.1, -0.05) is 50.1 Å². The van der Waals surface area contributed by atoms with E-state index >= 15 is 0 Å². The lowest BCUT2D eigenvalue weighted by atomic mass is 9.99. The fourth-order valence-electron chi connectivity index (χ4n) is 2.16. The first kappa shape index (κ1) is 15.4. The number of aromatic amines is 1. The zero-order valence-corrected chi connectivity index (χ0v) is 12.6. The Morgan fingerprint density at radius 2 is 2.05 bits per heavy atom. The molecular formula is C15H17ClN2O3. The van der Waals surface area contributed by atoms with Crippen molar-refractivity contribution in [3.05, 3.63) is 35.0 Å². The maximum atomic E-state index is 12.3. The van der Waals surface area contributed by atoms with E-state index in [2.05, 4.69) is 10.3 Å². The van der Waals surface area contributed by atoms with Gasteiger partial charge in [-0.2, -0.15) is 0 Å². The monoisotopic (exact) mass is 308 g/mol. The van der Waals surface area contributed by atoms with E-state index in [4.69, 9.17) is 11.6 Å². The van der Waals surface area contributed by atoms with Gasteiger partial charge in [-0.15, -0.1) is 0 Å². The molecule has 0 bridgehead atoms. The van der Waals surface area contributed by atoms with Gasteiger partial charge in [-0.25, -0.2) is 4.79 Å². The number of hydrogen-bond acceptors (Lipinski definition) is 2. The van der Waals surface area contributed by atoms with E-state index in [-0.39, 0.29) is 11.6 Å². The van der Waals surface area contributed by atoms with Crippen molar-refractivity contribution < 1.29 is 14.7 Å². The summed E-state index contributed by atoms with van der Waals surface area (Å²) < 4.78 is 0. The van der Waals surface area contributed by atoms with Gasteiger partial charge in [0.2, 0.25) is 0 Å². The zero-order chi connectivity index (χ0) is 15.6. The molecule has 1 amide bonds.